The third-order valence-electron chi connectivity index (χ3n) is 4.07. The summed E-state index contributed by atoms with van der Waals surface area (Å²) in [6.07, 6.45) is 0. The van der Waals surface area contributed by atoms with Crippen LogP contribution >= 0.6 is 0 Å². The lowest BCUT2D eigenvalue weighted by molar-refractivity contribution is -0.114. The second kappa shape index (κ2) is 8.82. The topological polar surface area (TPSA) is 90.5 Å². The molecule has 0 aliphatic rings. The van der Waals surface area contributed by atoms with E-state index >= 15 is 0 Å². The van der Waals surface area contributed by atoms with Crippen molar-refractivity contribution in [3.63, 3.8) is 0 Å². The predicted molar refractivity (Wildman–Crippen MR) is 107 cm³/mol. The van der Waals surface area contributed by atoms with E-state index in [2.05, 4.69) is 16.0 Å². The molecule has 0 aliphatic carbocycles. The van der Waals surface area contributed by atoms with Gasteiger partial charge in [-0.15, -0.1) is 0 Å². The average Bonchev–Trinajstić information content (AvgIpc) is 2.71. The molecule has 0 unspecified atom stereocenters. The van der Waals surface area contributed by atoms with Gasteiger partial charge in [-0.2, -0.15) is 0 Å². The smallest absolute Gasteiger partial charge is 0.253 e. The highest BCUT2D eigenvalue weighted by atomic mass is 16.3. The summed E-state index contributed by atoms with van der Waals surface area (Å²) < 4.78 is 0. The van der Waals surface area contributed by atoms with Gasteiger partial charge in [0.15, 0.2) is 0 Å². The lowest BCUT2D eigenvalue weighted by Crippen LogP contribution is -2.28. The van der Waals surface area contributed by atoms with Gasteiger partial charge in [0.1, 0.15) is 0 Å². The van der Waals surface area contributed by atoms with Crippen LogP contribution in [0.3, 0.4) is 0 Å². The lowest BCUT2D eigenvalue weighted by atomic mass is 10.1. The minimum atomic E-state index is -0.304. The maximum Gasteiger partial charge on any atom is 0.253 e. The highest BCUT2D eigenvalue weighted by Gasteiger charge is 2.11. The number of anilines is 2. The van der Waals surface area contributed by atoms with Gasteiger partial charge in [0, 0.05) is 23.3 Å². The summed E-state index contributed by atoms with van der Waals surface area (Å²) in [6.45, 7) is 0.0665. The fourth-order valence-corrected chi connectivity index (χ4v) is 2.80. The predicted octanol–water partition coefficient (Wildman–Crippen LogP) is 2.61. The van der Waals surface area contributed by atoms with E-state index in [-0.39, 0.29) is 31.5 Å². The maximum atomic E-state index is 12.4. The monoisotopic (exact) mass is 363 g/mol. The minimum Gasteiger partial charge on any atom is -0.395 e. The number of rotatable bonds is 7. The van der Waals surface area contributed by atoms with E-state index in [1.54, 1.807) is 24.3 Å². The molecule has 3 rings (SSSR count). The van der Waals surface area contributed by atoms with Crippen LogP contribution in [-0.4, -0.2) is 36.6 Å². The first-order chi connectivity index (χ1) is 13.2. The summed E-state index contributed by atoms with van der Waals surface area (Å²) in [7, 11) is 0. The Balaban J connectivity index is 1.67. The van der Waals surface area contributed by atoms with Crippen LogP contribution in [-0.2, 0) is 4.79 Å². The highest BCUT2D eigenvalue weighted by molar-refractivity contribution is 6.04. The van der Waals surface area contributed by atoms with Gasteiger partial charge in [-0.3, -0.25) is 9.59 Å². The van der Waals surface area contributed by atoms with Gasteiger partial charge in [-0.05, 0) is 23.6 Å². The normalized spacial score (nSPS) is 10.4. The summed E-state index contributed by atoms with van der Waals surface area (Å²) in [6, 6.07) is 20.5. The van der Waals surface area contributed by atoms with Crippen LogP contribution in [0.25, 0.3) is 10.8 Å². The van der Waals surface area contributed by atoms with Crippen LogP contribution in [0.1, 0.15) is 10.4 Å². The molecule has 27 heavy (non-hydrogen) atoms. The van der Waals surface area contributed by atoms with Crippen molar-refractivity contribution >= 4 is 34.0 Å². The quantitative estimate of drug-likeness (QED) is 0.519. The van der Waals surface area contributed by atoms with Crippen molar-refractivity contribution in [2.75, 3.05) is 30.3 Å². The Labute approximate surface area is 157 Å². The largest absolute Gasteiger partial charge is 0.395 e. The zero-order valence-electron chi connectivity index (χ0n) is 14.7. The zero-order chi connectivity index (χ0) is 19.1. The van der Waals surface area contributed by atoms with Crippen LogP contribution in [0.2, 0.25) is 0 Å². The number of nitrogens with one attached hydrogen (secondary N) is 3. The summed E-state index contributed by atoms with van der Waals surface area (Å²) in [5, 5.41) is 19.4. The number of carbonyl (C=O) groups excluding carboxylic acids is 2. The Morgan fingerprint density at radius 2 is 1.56 bits per heavy atom. The molecule has 0 heterocycles. The number of benzene rings is 3. The van der Waals surface area contributed by atoms with E-state index in [1.807, 2.05) is 42.5 Å². The van der Waals surface area contributed by atoms with Crippen molar-refractivity contribution in [1.29, 1.82) is 0 Å². The van der Waals surface area contributed by atoms with Crippen LogP contribution in [0.5, 0.6) is 0 Å². The first kappa shape index (κ1) is 18.4. The van der Waals surface area contributed by atoms with Gasteiger partial charge in [-0.1, -0.05) is 48.5 Å². The second-order valence-electron chi connectivity index (χ2n) is 5.95. The summed E-state index contributed by atoms with van der Waals surface area (Å²) in [5.74, 6) is -0.515. The Morgan fingerprint density at radius 1 is 0.852 bits per heavy atom. The van der Waals surface area contributed by atoms with Gasteiger partial charge in [0.25, 0.3) is 5.91 Å². The number of carbonyl (C=O) groups is 2. The van der Waals surface area contributed by atoms with Crippen molar-refractivity contribution in [3.8, 4) is 0 Å². The average molecular weight is 363 g/mol. The van der Waals surface area contributed by atoms with Gasteiger partial charge in [0.2, 0.25) is 5.91 Å². The first-order valence-electron chi connectivity index (χ1n) is 8.68. The Morgan fingerprint density at radius 3 is 2.41 bits per heavy atom. The SMILES string of the molecule is O=C(CNc1ccccc1C(=O)NCCO)Nc1cccc2ccccc12. The number of para-hydroxylation sites is 1. The van der Waals surface area contributed by atoms with E-state index < -0.39 is 0 Å². The van der Waals surface area contributed by atoms with E-state index in [9.17, 15) is 9.59 Å². The van der Waals surface area contributed by atoms with Crippen LogP contribution in [0, 0.1) is 0 Å². The standard InChI is InChI=1S/C21H21N3O3/c25-13-12-22-21(27)17-9-3-4-10-18(17)23-14-20(26)24-19-11-5-7-15-6-1-2-8-16(15)19/h1-11,23,25H,12-14H2,(H,22,27)(H,24,26). The van der Waals surface area contributed by atoms with Crippen molar-refractivity contribution < 1.29 is 14.7 Å². The first-order valence-corrected chi connectivity index (χ1v) is 8.68. The van der Waals surface area contributed by atoms with E-state index in [0.29, 0.717) is 11.3 Å². The number of fused-ring (bicyclic) bond motifs is 1. The Kier molecular flexibility index (Phi) is 6.02. The number of hydrogen-bond donors (Lipinski definition) is 4. The van der Waals surface area contributed by atoms with E-state index in [1.165, 1.54) is 0 Å². The lowest BCUT2D eigenvalue weighted by Gasteiger charge is -2.13. The zero-order valence-corrected chi connectivity index (χ0v) is 14.7. The Bertz CT molecular complexity index is 951. The maximum absolute atomic E-state index is 12.4. The van der Waals surface area contributed by atoms with Gasteiger partial charge < -0.3 is 21.1 Å². The van der Waals surface area contributed by atoms with Crippen molar-refractivity contribution in [1.82, 2.24) is 5.32 Å². The Hall–Kier alpha value is -3.38. The molecule has 4 N–H and O–H groups in total. The van der Waals surface area contributed by atoms with Crippen LogP contribution in [0.4, 0.5) is 11.4 Å². The fraction of sp³-hybridized carbons (Fsp3) is 0.143. The summed E-state index contributed by atoms with van der Waals surface area (Å²) in [5.41, 5.74) is 1.72. The molecule has 0 atom stereocenters. The molecular formula is C21H21N3O3. The molecule has 0 radical (unpaired) electrons. The fourth-order valence-electron chi connectivity index (χ4n) is 2.80. The van der Waals surface area contributed by atoms with Crippen LogP contribution in [0.15, 0.2) is 66.7 Å². The number of hydrogen-bond acceptors (Lipinski definition) is 4. The molecule has 3 aromatic rings. The minimum absolute atomic E-state index is 0.0213. The second-order valence-corrected chi connectivity index (χ2v) is 5.95. The molecule has 6 nitrogen and oxygen atoms in total. The molecule has 0 spiro atoms. The molecular weight excluding hydrogens is 342 g/mol. The molecule has 0 saturated heterocycles. The van der Waals surface area contributed by atoms with E-state index in [4.69, 9.17) is 5.11 Å². The van der Waals surface area contributed by atoms with Crippen molar-refractivity contribution in [3.05, 3.63) is 72.3 Å². The molecule has 6 heteroatoms. The molecule has 0 fully saturated rings. The molecule has 0 saturated carbocycles. The van der Waals surface area contributed by atoms with Crippen LogP contribution < -0.4 is 16.0 Å². The molecule has 0 aliphatic heterocycles. The summed E-state index contributed by atoms with van der Waals surface area (Å²) in [4.78, 5) is 24.5. The van der Waals surface area contributed by atoms with Gasteiger partial charge >= 0.3 is 0 Å². The van der Waals surface area contributed by atoms with Crippen molar-refractivity contribution in [2.24, 2.45) is 0 Å². The third kappa shape index (κ3) is 4.62. The molecule has 0 aromatic heterocycles. The van der Waals surface area contributed by atoms with Crippen molar-refractivity contribution in [2.45, 2.75) is 0 Å². The molecule has 2 amide bonds. The number of aliphatic hydroxyl groups excluding tert-OH is 1. The summed E-state index contributed by atoms with van der Waals surface area (Å²) >= 11 is 0. The molecule has 0 bridgehead atoms. The number of amides is 2. The highest BCUT2D eigenvalue weighted by Crippen LogP contribution is 2.23. The van der Waals surface area contributed by atoms with E-state index in [0.717, 1.165) is 16.5 Å². The van der Waals surface area contributed by atoms with Gasteiger partial charge in [-0.25, -0.2) is 0 Å². The van der Waals surface area contributed by atoms with Gasteiger partial charge in [0.05, 0.1) is 18.7 Å². The molecule has 138 valence electrons. The molecule has 3 aromatic carbocycles. The third-order valence-corrected chi connectivity index (χ3v) is 4.07. The number of aliphatic hydroxyl groups is 1.